The Labute approximate surface area is 122 Å². The van der Waals surface area contributed by atoms with Crippen LogP contribution in [0.4, 0.5) is 0 Å². The lowest BCUT2D eigenvalue weighted by Crippen LogP contribution is -2.60. The molecule has 1 saturated heterocycles. The van der Waals surface area contributed by atoms with E-state index < -0.39 is 0 Å². The summed E-state index contributed by atoms with van der Waals surface area (Å²) in [6.45, 7) is 6.16. The molecule has 4 nitrogen and oxygen atoms in total. The maximum Gasteiger partial charge on any atom is 0.228 e. The van der Waals surface area contributed by atoms with Gasteiger partial charge < -0.3 is 15.7 Å². The zero-order valence-corrected chi connectivity index (χ0v) is 13.0. The number of carbonyl (C=O) groups excluding carboxylic acids is 1. The van der Waals surface area contributed by atoms with Crippen LogP contribution in [0.25, 0.3) is 0 Å². The van der Waals surface area contributed by atoms with Gasteiger partial charge in [0.1, 0.15) is 0 Å². The molecule has 20 heavy (non-hydrogen) atoms. The van der Waals surface area contributed by atoms with Crippen LogP contribution in [-0.2, 0) is 4.79 Å². The van der Waals surface area contributed by atoms with Crippen molar-refractivity contribution in [2.75, 3.05) is 19.7 Å². The number of amides is 1. The maximum absolute atomic E-state index is 12.8. The number of hydrogen-bond donors (Lipinski definition) is 3. The van der Waals surface area contributed by atoms with Crippen molar-refractivity contribution in [1.82, 2.24) is 10.6 Å². The number of nitrogens with one attached hydrogen (secondary N) is 2. The summed E-state index contributed by atoms with van der Waals surface area (Å²) < 4.78 is 0. The summed E-state index contributed by atoms with van der Waals surface area (Å²) >= 11 is 0. The molecule has 0 aromatic rings. The van der Waals surface area contributed by atoms with Crippen molar-refractivity contribution in [2.24, 2.45) is 11.3 Å². The molecule has 1 amide bonds. The fourth-order valence-electron chi connectivity index (χ4n) is 3.95. The first-order valence-corrected chi connectivity index (χ1v) is 8.20. The quantitative estimate of drug-likeness (QED) is 0.737. The molecule has 4 heteroatoms. The van der Waals surface area contributed by atoms with Gasteiger partial charge in [0.15, 0.2) is 0 Å². The Morgan fingerprint density at radius 1 is 1.40 bits per heavy atom. The van der Waals surface area contributed by atoms with Crippen LogP contribution in [-0.4, -0.2) is 36.2 Å². The summed E-state index contributed by atoms with van der Waals surface area (Å²) in [4.78, 5) is 12.8. The molecule has 0 aromatic carbocycles. The molecule has 0 spiro atoms. The Bertz CT molecular complexity index is 339. The van der Waals surface area contributed by atoms with E-state index in [1.807, 2.05) is 0 Å². The van der Waals surface area contributed by atoms with Crippen molar-refractivity contribution in [3.63, 3.8) is 0 Å². The van der Waals surface area contributed by atoms with Crippen molar-refractivity contribution in [3.8, 4) is 0 Å². The van der Waals surface area contributed by atoms with Crippen LogP contribution < -0.4 is 10.6 Å². The summed E-state index contributed by atoms with van der Waals surface area (Å²) in [6, 6.07) is 0. The molecular formula is C16H30N2O2. The molecule has 116 valence electrons. The van der Waals surface area contributed by atoms with Crippen LogP contribution in [0.2, 0.25) is 0 Å². The summed E-state index contributed by atoms with van der Waals surface area (Å²) in [6.07, 6.45) is 7.00. The van der Waals surface area contributed by atoms with Gasteiger partial charge in [0.05, 0.1) is 17.6 Å². The van der Waals surface area contributed by atoms with Gasteiger partial charge in [-0.25, -0.2) is 0 Å². The highest BCUT2D eigenvalue weighted by atomic mass is 16.3. The van der Waals surface area contributed by atoms with Crippen molar-refractivity contribution in [2.45, 2.75) is 64.3 Å². The van der Waals surface area contributed by atoms with Crippen LogP contribution in [0.15, 0.2) is 0 Å². The van der Waals surface area contributed by atoms with Gasteiger partial charge in [-0.1, -0.05) is 26.7 Å². The fraction of sp³-hybridized carbons (Fsp3) is 0.938. The van der Waals surface area contributed by atoms with Crippen molar-refractivity contribution in [3.05, 3.63) is 0 Å². The van der Waals surface area contributed by atoms with Crippen molar-refractivity contribution >= 4 is 5.91 Å². The molecule has 2 rings (SSSR count). The number of carbonyl (C=O) groups is 1. The third-order valence-corrected chi connectivity index (χ3v) is 5.40. The second kappa shape index (κ2) is 6.44. The average molecular weight is 282 g/mol. The molecule has 1 aliphatic carbocycles. The van der Waals surface area contributed by atoms with Crippen LogP contribution in [0.1, 0.15) is 58.8 Å². The number of aliphatic hydroxyl groups excluding tert-OH is 1. The normalized spacial score (nSPS) is 38.5. The number of rotatable bonds is 4. The Hall–Kier alpha value is -0.610. The maximum atomic E-state index is 12.8. The fourth-order valence-corrected chi connectivity index (χ4v) is 3.95. The predicted molar refractivity (Wildman–Crippen MR) is 80.4 cm³/mol. The second-order valence-corrected chi connectivity index (χ2v) is 7.01. The minimum atomic E-state index is -0.381. The summed E-state index contributed by atoms with van der Waals surface area (Å²) in [5.41, 5.74) is -0.657. The molecule has 0 aromatic heterocycles. The lowest BCUT2D eigenvalue weighted by atomic mass is 9.73. The van der Waals surface area contributed by atoms with E-state index in [-0.39, 0.29) is 23.5 Å². The van der Waals surface area contributed by atoms with Crippen LogP contribution in [0.5, 0.6) is 0 Å². The molecule has 3 atom stereocenters. The monoisotopic (exact) mass is 282 g/mol. The third kappa shape index (κ3) is 3.17. The Morgan fingerprint density at radius 2 is 2.20 bits per heavy atom. The molecule has 0 radical (unpaired) electrons. The SMILES string of the molecule is CCC1(C(=O)NC2(CO)CCCC(C)C2)CCCNC1. The van der Waals surface area contributed by atoms with E-state index in [9.17, 15) is 9.90 Å². The first kappa shape index (κ1) is 15.8. The molecule has 2 fully saturated rings. The number of piperidine rings is 1. The lowest BCUT2D eigenvalue weighted by Gasteiger charge is -2.43. The Kier molecular flexibility index (Phi) is 5.08. The molecule has 1 aliphatic heterocycles. The first-order valence-electron chi connectivity index (χ1n) is 8.20. The van der Waals surface area contributed by atoms with Crippen LogP contribution in [0, 0.1) is 11.3 Å². The van der Waals surface area contributed by atoms with E-state index in [0.29, 0.717) is 5.92 Å². The van der Waals surface area contributed by atoms with Crippen molar-refractivity contribution < 1.29 is 9.90 Å². The highest BCUT2D eigenvalue weighted by Crippen LogP contribution is 2.35. The molecule has 1 heterocycles. The topological polar surface area (TPSA) is 61.4 Å². The average Bonchev–Trinajstić information content (AvgIpc) is 2.48. The van der Waals surface area contributed by atoms with Gasteiger partial charge in [-0.3, -0.25) is 4.79 Å². The Morgan fingerprint density at radius 3 is 2.75 bits per heavy atom. The number of aliphatic hydroxyl groups is 1. The second-order valence-electron chi connectivity index (χ2n) is 7.01. The van der Waals surface area contributed by atoms with Gasteiger partial charge in [0.25, 0.3) is 0 Å². The van der Waals surface area contributed by atoms with E-state index >= 15 is 0 Å². The van der Waals surface area contributed by atoms with Gasteiger partial charge >= 0.3 is 0 Å². The summed E-state index contributed by atoms with van der Waals surface area (Å²) in [5.74, 6) is 0.730. The van der Waals surface area contributed by atoms with E-state index in [4.69, 9.17) is 0 Å². The highest BCUT2D eigenvalue weighted by Gasteiger charge is 2.43. The zero-order valence-electron chi connectivity index (χ0n) is 13.0. The van der Waals surface area contributed by atoms with Crippen LogP contribution in [0.3, 0.4) is 0 Å². The van der Waals surface area contributed by atoms with E-state index in [0.717, 1.165) is 51.6 Å². The minimum absolute atomic E-state index is 0.0658. The molecule has 0 bridgehead atoms. The van der Waals surface area contributed by atoms with Gasteiger partial charge in [0.2, 0.25) is 5.91 Å². The number of hydrogen-bond acceptors (Lipinski definition) is 3. The van der Waals surface area contributed by atoms with Gasteiger partial charge in [0, 0.05) is 6.54 Å². The van der Waals surface area contributed by atoms with E-state index in [2.05, 4.69) is 24.5 Å². The molecule has 3 N–H and O–H groups in total. The third-order valence-electron chi connectivity index (χ3n) is 5.40. The molecule has 1 saturated carbocycles. The van der Waals surface area contributed by atoms with Gasteiger partial charge in [-0.05, 0) is 44.6 Å². The largest absolute Gasteiger partial charge is 0.394 e. The molecule has 3 unspecified atom stereocenters. The summed E-state index contributed by atoms with van der Waals surface area (Å²) in [7, 11) is 0. The van der Waals surface area contributed by atoms with Crippen molar-refractivity contribution in [1.29, 1.82) is 0 Å². The lowest BCUT2D eigenvalue weighted by molar-refractivity contribution is -0.136. The van der Waals surface area contributed by atoms with Crippen LogP contribution >= 0.6 is 0 Å². The van der Waals surface area contributed by atoms with Gasteiger partial charge in [-0.15, -0.1) is 0 Å². The molecular weight excluding hydrogens is 252 g/mol. The van der Waals surface area contributed by atoms with E-state index in [1.165, 1.54) is 6.42 Å². The van der Waals surface area contributed by atoms with Gasteiger partial charge in [-0.2, -0.15) is 0 Å². The zero-order chi connectivity index (χ0) is 14.6. The van der Waals surface area contributed by atoms with E-state index in [1.54, 1.807) is 0 Å². The Balaban J connectivity index is 2.07. The summed E-state index contributed by atoms with van der Waals surface area (Å²) in [5, 5.41) is 16.4. The highest BCUT2D eigenvalue weighted by molar-refractivity contribution is 5.83. The smallest absolute Gasteiger partial charge is 0.228 e. The first-order chi connectivity index (χ1) is 9.56. The molecule has 2 aliphatic rings. The predicted octanol–water partition coefficient (Wildman–Crippen LogP) is 1.82. The minimum Gasteiger partial charge on any atom is -0.394 e. The standard InChI is InChI=1S/C16H30N2O2/c1-3-15(7-5-9-17-11-15)14(20)18-16(12-19)8-4-6-13(2)10-16/h13,17,19H,3-12H2,1-2H3,(H,18,20).